The summed E-state index contributed by atoms with van der Waals surface area (Å²) in [6, 6.07) is 3.58. The Hall–Kier alpha value is -2.82. The molecule has 82 valence electrons. The van der Waals surface area contributed by atoms with Crippen LogP contribution in [-0.4, -0.2) is 12.0 Å². The lowest BCUT2D eigenvalue weighted by Gasteiger charge is -2.12. The summed E-state index contributed by atoms with van der Waals surface area (Å²) >= 11 is 0. The van der Waals surface area contributed by atoms with Crippen LogP contribution in [0.15, 0.2) is 9.98 Å². The number of aliphatic imine (C=N–C) groups is 2. The zero-order valence-electron chi connectivity index (χ0n) is 8.20. The summed E-state index contributed by atoms with van der Waals surface area (Å²) in [7, 11) is 0. The highest BCUT2D eigenvalue weighted by Gasteiger charge is 2.16. The molecular weight excluding hydrogens is 208 g/mol. The van der Waals surface area contributed by atoms with Crippen molar-refractivity contribution in [1.29, 1.82) is 10.8 Å². The van der Waals surface area contributed by atoms with Gasteiger partial charge in [-0.2, -0.15) is 9.98 Å². The van der Waals surface area contributed by atoms with Crippen LogP contribution in [0, 0.1) is 10.8 Å². The lowest BCUT2D eigenvalue weighted by molar-refractivity contribution is 1.45. The smallest absolute Gasteiger partial charge is 0.125 e. The highest BCUT2D eigenvalue weighted by Crippen LogP contribution is 2.46. The maximum absolute atomic E-state index is 6.73. The van der Waals surface area contributed by atoms with Crippen molar-refractivity contribution in [2.75, 3.05) is 22.9 Å². The molecule has 1 aromatic rings. The van der Waals surface area contributed by atoms with E-state index in [9.17, 15) is 0 Å². The van der Waals surface area contributed by atoms with Gasteiger partial charge in [-0.3, -0.25) is 0 Å². The maximum atomic E-state index is 6.73. The fourth-order valence-electron chi connectivity index (χ4n) is 1.15. The fourth-order valence-corrected chi connectivity index (χ4v) is 1.15. The highest BCUT2D eigenvalue weighted by atomic mass is 14.9. The van der Waals surface area contributed by atoms with Gasteiger partial charge < -0.3 is 22.9 Å². The van der Waals surface area contributed by atoms with Crippen molar-refractivity contribution in [2.45, 2.75) is 0 Å². The Labute approximate surface area is 90.7 Å². The molecule has 0 heterocycles. The number of nitrogens with zero attached hydrogens (tertiary/aromatic N) is 2. The van der Waals surface area contributed by atoms with Crippen LogP contribution in [0.25, 0.3) is 0 Å². The largest absolute Gasteiger partial charge is 0.395 e. The molecule has 8 heteroatoms. The molecule has 10 N–H and O–H groups in total. The lowest BCUT2D eigenvalue weighted by atomic mass is 10.1. The van der Waals surface area contributed by atoms with E-state index in [2.05, 4.69) is 9.98 Å². The molecule has 0 aliphatic carbocycles. The molecule has 16 heavy (non-hydrogen) atoms. The van der Waals surface area contributed by atoms with E-state index in [1.165, 1.54) is 0 Å². The molecule has 0 spiro atoms. The van der Waals surface area contributed by atoms with Crippen molar-refractivity contribution in [3.8, 4) is 0 Å². The van der Waals surface area contributed by atoms with Crippen LogP contribution >= 0.6 is 0 Å². The second kappa shape index (κ2) is 4.14. The number of rotatable bonds is 2. The molecule has 8 nitrogen and oxygen atoms in total. The Bertz CT molecular complexity index is 455. The number of nitrogens with two attached hydrogens (primary N) is 4. The summed E-state index contributed by atoms with van der Waals surface area (Å²) in [6.07, 6.45) is 0. The summed E-state index contributed by atoms with van der Waals surface area (Å²) < 4.78 is 0. The van der Waals surface area contributed by atoms with Crippen LogP contribution in [0.2, 0.25) is 0 Å². The van der Waals surface area contributed by atoms with E-state index in [0.717, 1.165) is 0 Å². The Morgan fingerprint density at radius 2 is 0.938 bits per heavy atom. The molecule has 0 aliphatic rings. The molecule has 0 atom stereocenters. The summed E-state index contributed by atoms with van der Waals surface area (Å²) in [5.74, 6) is 0. The van der Waals surface area contributed by atoms with Crippen molar-refractivity contribution in [3.63, 3.8) is 0 Å². The van der Waals surface area contributed by atoms with Gasteiger partial charge in [0.1, 0.15) is 11.4 Å². The van der Waals surface area contributed by atoms with Gasteiger partial charge in [-0.15, -0.1) is 0 Å². The maximum Gasteiger partial charge on any atom is 0.125 e. The Morgan fingerprint density at radius 3 is 1.12 bits per heavy atom. The third-order valence-electron chi connectivity index (χ3n) is 1.94. The molecule has 0 aromatic heterocycles. The minimum atomic E-state index is 0.0421. The average molecular weight is 218 g/mol. The van der Waals surface area contributed by atoms with E-state index in [-0.39, 0.29) is 34.1 Å². The summed E-state index contributed by atoms with van der Waals surface area (Å²) in [6.45, 7) is 0. The van der Waals surface area contributed by atoms with Crippen molar-refractivity contribution >= 4 is 46.1 Å². The minimum absolute atomic E-state index is 0.0421. The number of hydrogen-bond acceptors (Lipinski definition) is 8. The number of nitrogen functional groups attached to an aromatic ring is 4. The van der Waals surface area contributed by atoms with E-state index < -0.39 is 0 Å². The first-order valence-corrected chi connectivity index (χ1v) is 4.05. The molecule has 0 aliphatic heterocycles. The Balaban J connectivity index is 3.75. The van der Waals surface area contributed by atoms with E-state index in [1.807, 2.05) is 0 Å². The van der Waals surface area contributed by atoms with Gasteiger partial charge in [0.15, 0.2) is 0 Å². The first kappa shape index (κ1) is 11.3. The quantitative estimate of drug-likeness (QED) is 0.317. The number of nitrogens with one attached hydrogen (secondary N) is 2. The number of anilines is 4. The van der Waals surface area contributed by atoms with Gasteiger partial charge in [-0.1, -0.05) is 0 Å². The van der Waals surface area contributed by atoms with Crippen molar-refractivity contribution in [3.05, 3.63) is 0 Å². The van der Waals surface area contributed by atoms with Gasteiger partial charge in [0.05, 0.1) is 34.8 Å². The van der Waals surface area contributed by atoms with Crippen molar-refractivity contribution in [1.82, 2.24) is 0 Å². The van der Waals surface area contributed by atoms with Crippen LogP contribution < -0.4 is 22.9 Å². The first-order chi connectivity index (χ1) is 7.54. The molecule has 0 bridgehead atoms. The van der Waals surface area contributed by atoms with Gasteiger partial charge in [-0.25, -0.2) is 10.8 Å². The van der Waals surface area contributed by atoms with E-state index in [4.69, 9.17) is 33.8 Å². The summed E-state index contributed by atoms with van der Waals surface area (Å²) in [4.78, 5) is 7.05. The molecule has 0 fully saturated rings. The Kier molecular flexibility index (Phi) is 2.91. The van der Waals surface area contributed by atoms with E-state index in [1.54, 1.807) is 12.0 Å². The third kappa shape index (κ3) is 1.57. The van der Waals surface area contributed by atoms with E-state index in [0.29, 0.717) is 0 Å². The predicted octanol–water partition coefficient (Wildman–Crippen LogP) is 0.784. The minimum Gasteiger partial charge on any atom is -0.395 e. The fraction of sp³-hybridized carbons (Fsp3) is 0. The SMILES string of the molecule is N=C=Nc1c(N)c(N)c(N=C=N)c(N)c1N. The van der Waals surface area contributed by atoms with Crippen LogP contribution in [0.3, 0.4) is 0 Å². The van der Waals surface area contributed by atoms with Crippen LogP contribution in [0.5, 0.6) is 0 Å². The second-order valence-corrected chi connectivity index (χ2v) is 2.80. The van der Waals surface area contributed by atoms with Crippen LogP contribution in [-0.2, 0) is 0 Å². The zero-order valence-corrected chi connectivity index (χ0v) is 8.20. The van der Waals surface area contributed by atoms with Gasteiger partial charge >= 0.3 is 0 Å². The van der Waals surface area contributed by atoms with Gasteiger partial charge in [0.25, 0.3) is 0 Å². The molecule has 1 aromatic carbocycles. The number of benzene rings is 1. The van der Waals surface area contributed by atoms with Gasteiger partial charge in [0.2, 0.25) is 0 Å². The van der Waals surface area contributed by atoms with Crippen LogP contribution in [0.4, 0.5) is 34.1 Å². The molecular formula is C8H10N8. The molecule has 0 saturated heterocycles. The monoisotopic (exact) mass is 218 g/mol. The number of hydrogen-bond donors (Lipinski definition) is 6. The normalized spacial score (nSPS) is 9.00. The summed E-state index contributed by atoms with van der Waals surface area (Å²) in [5.41, 5.74) is 22.9. The molecule has 0 amide bonds. The van der Waals surface area contributed by atoms with E-state index >= 15 is 0 Å². The molecule has 0 saturated carbocycles. The standard InChI is InChI=1S/C8H10N8/c9-1-15-7-3(11)5(13)8(16-2-10)6(14)4(7)12/h9-10H,11-14H2. The first-order valence-electron chi connectivity index (χ1n) is 4.05. The molecule has 0 radical (unpaired) electrons. The highest BCUT2D eigenvalue weighted by molar-refractivity contribution is 6.03. The second-order valence-electron chi connectivity index (χ2n) is 2.80. The van der Waals surface area contributed by atoms with Gasteiger partial charge in [0, 0.05) is 0 Å². The average Bonchev–Trinajstić information content (AvgIpc) is 2.28. The third-order valence-corrected chi connectivity index (χ3v) is 1.94. The molecule has 1 rings (SSSR count). The lowest BCUT2D eigenvalue weighted by Crippen LogP contribution is -2.03. The van der Waals surface area contributed by atoms with Crippen molar-refractivity contribution < 1.29 is 0 Å². The predicted molar refractivity (Wildman–Crippen MR) is 63.7 cm³/mol. The van der Waals surface area contributed by atoms with Crippen molar-refractivity contribution in [2.24, 2.45) is 9.98 Å². The molecule has 0 unspecified atom stereocenters. The van der Waals surface area contributed by atoms with Crippen LogP contribution in [0.1, 0.15) is 0 Å². The summed E-state index contributed by atoms with van der Waals surface area (Å²) in [5, 5.41) is 13.5. The van der Waals surface area contributed by atoms with Gasteiger partial charge in [-0.05, 0) is 0 Å². The Morgan fingerprint density at radius 1 is 0.688 bits per heavy atom. The zero-order chi connectivity index (χ0) is 12.3. The topological polar surface area (TPSA) is 177 Å².